The molecular weight excluding hydrogens is 454 g/mol. The highest BCUT2D eigenvalue weighted by Crippen LogP contribution is 2.30. The number of ether oxygens (including phenoxy) is 1. The molecule has 1 aliphatic heterocycles. The predicted molar refractivity (Wildman–Crippen MR) is 130 cm³/mol. The number of hydrogen-bond acceptors (Lipinski definition) is 8. The van der Waals surface area contributed by atoms with Crippen molar-refractivity contribution in [2.24, 2.45) is 7.05 Å². The number of amides is 1. The van der Waals surface area contributed by atoms with Gasteiger partial charge in [-0.15, -0.1) is 11.3 Å². The summed E-state index contributed by atoms with van der Waals surface area (Å²) in [5.74, 6) is 0. The number of pyridine rings is 1. The number of fused-ring (bicyclic) bond motifs is 2. The molecule has 5 heterocycles. The van der Waals surface area contributed by atoms with E-state index >= 15 is 0 Å². The molecule has 0 aliphatic carbocycles. The lowest BCUT2D eigenvalue weighted by Gasteiger charge is -2.33. The lowest BCUT2D eigenvalue weighted by atomic mass is 10.1. The SMILES string of the molecule is Cc1nc(-c2nc3ncn(C4CCN(C(=O)OC(C)(C)C)CC4)c(=O)c3s2)cc2cn(C)nc12. The molecule has 1 aliphatic rings. The predicted octanol–water partition coefficient (Wildman–Crippen LogP) is 3.68. The minimum absolute atomic E-state index is 0.0271. The van der Waals surface area contributed by atoms with Crippen LogP contribution in [0.15, 0.2) is 23.4 Å². The number of carbonyl (C=O) groups is 1. The van der Waals surface area contributed by atoms with Gasteiger partial charge in [0.25, 0.3) is 5.56 Å². The van der Waals surface area contributed by atoms with Crippen LogP contribution in [0.1, 0.15) is 45.3 Å². The molecule has 178 valence electrons. The van der Waals surface area contributed by atoms with Gasteiger partial charge in [-0.3, -0.25) is 14.0 Å². The molecule has 0 aromatic carbocycles. The van der Waals surface area contributed by atoms with Crippen molar-refractivity contribution < 1.29 is 9.53 Å². The first-order chi connectivity index (χ1) is 16.1. The third kappa shape index (κ3) is 4.15. The monoisotopic (exact) mass is 481 g/mol. The maximum atomic E-state index is 13.3. The van der Waals surface area contributed by atoms with Crippen molar-refractivity contribution in [2.45, 2.75) is 52.2 Å². The van der Waals surface area contributed by atoms with Gasteiger partial charge in [0.05, 0.1) is 5.69 Å². The van der Waals surface area contributed by atoms with Crippen LogP contribution in [0.25, 0.3) is 32.0 Å². The minimum Gasteiger partial charge on any atom is -0.444 e. The standard InChI is InChI=1S/C23H27N7O3S/c1-13-17-14(11-28(5)27-17)10-16(25-13)20-26-19-18(34-20)21(31)30(12-24-19)15-6-8-29(9-7-15)22(32)33-23(2,3)4/h10-12,15H,6-9H2,1-5H3. The molecule has 0 spiro atoms. The Bertz CT molecular complexity index is 1460. The van der Waals surface area contributed by atoms with Crippen molar-refractivity contribution in [2.75, 3.05) is 13.1 Å². The van der Waals surface area contributed by atoms with Crippen LogP contribution < -0.4 is 5.56 Å². The zero-order valence-electron chi connectivity index (χ0n) is 19.9. The minimum atomic E-state index is -0.529. The average molecular weight is 482 g/mol. The number of likely N-dealkylation sites (tertiary alicyclic amines) is 1. The molecule has 1 fully saturated rings. The molecule has 0 unspecified atom stereocenters. The second-order valence-corrected chi connectivity index (χ2v) is 10.7. The second kappa shape index (κ2) is 8.15. The van der Waals surface area contributed by atoms with E-state index in [-0.39, 0.29) is 17.7 Å². The van der Waals surface area contributed by atoms with Gasteiger partial charge in [-0.25, -0.2) is 19.7 Å². The normalized spacial score (nSPS) is 15.4. The Hall–Kier alpha value is -3.34. The Morgan fingerprint density at radius 2 is 1.94 bits per heavy atom. The van der Waals surface area contributed by atoms with Gasteiger partial charge in [-0.2, -0.15) is 5.10 Å². The zero-order chi connectivity index (χ0) is 24.2. The van der Waals surface area contributed by atoms with Crippen molar-refractivity contribution in [3.63, 3.8) is 0 Å². The van der Waals surface area contributed by atoms with E-state index in [2.05, 4.69) is 20.1 Å². The number of rotatable bonds is 2. The summed E-state index contributed by atoms with van der Waals surface area (Å²) >= 11 is 1.31. The Labute approximate surface area is 200 Å². The van der Waals surface area contributed by atoms with Crippen LogP contribution in [0.4, 0.5) is 4.79 Å². The Morgan fingerprint density at radius 3 is 2.65 bits per heavy atom. The zero-order valence-corrected chi connectivity index (χ0v) is 20.7. The molecule has 0 atom stereocenters. The number of piperidine rings is 1. The average Bonchev–Trinajstić information content (AvgIpc) is 3.37. The molecule has 10 nitrogen and oxygen atoms in total. The number of aryl methyl sites for hydroxylation is 2. The van der Waals surface area contributed by atoms with E-state index in [1.807, 2.05) is 47.0 Å². The summed E-state index contributed by atoms with van der Waals surface area (Å²) in [6, 6.07) is 1.92. The van der Waals surface area contributed by atoms with Crippen LogP contribution in [0, 0.1) is 6.92 Å². The van der Waals surface area contributed by atoms with Crippen molar-refractivity contribution >= 4 is 38.7 Å². The summed E-state index contributed by atoms with van der Waals surface area (Å²) in [6.07, 6.45) is 4.53. The van der Waals surface area contributed by atoms with Gasteiger partial charge < -0.3 is 9.64 Å². The summed E-state index contributed by atoms with van der Waals surface area (Å²) in [6.45, 7) is 8.55. The van der Waals surface area contributed by atoms with Crippen LogP contribution in [0.5, 0.6) is 0 Å². The van der Waals surface area contributed by atoms with Crippen LogP contribution >= 0.6 is 11.3 Å². The molecule has 0 radical (unpaired) electrons. The van der Waals surface area contributed by atoms with Crippen molar-refractivity contribution in [3.8, 4) is 10.7 Å². The molecule has 1 saturated heterocycles. The molecule has 0 saturated carbocycles. The summed E-state index contributed by atoms with van der Waals surface area (Å²) in [4.78, 5) is 41.1. The lowest BCUT2D eigenvalue weighted by molar-refractivity contribution is 0.0187. The van der Waals surface area contributed by atoms with E-state index < -0.39 is 5.60 Å². The van der Waals surface area contributed by atoms with Gasteiger partial charge in [0, 0.05) is 37.8 Å². The molecule has 0 N–H and O–H groups in total. The van der Waals surface area contributed by atoms with E-state index in [1.165, 1.54) is 11.3 Å². The van der Waals surface area contributed by atoms with Crippen molar-refractivity contribution in [1.82, 2.24) is 34.2 Å². The molecule has 5 rings (SSSR count). The number of aromatic nitrogens is 6. The van der Waals surface area contributed by atoms with E-state index in [0.29, 0.717) is 47.0 Å². The van der Waals surface area contributed by atoms with E-state index in [4.69, 9.17) is 4.74 Å². The molecule has 11 heteroatoms. The second-order valence-electron chi connectivity index (χ2n) is 9.66. The quantitative estimate of drug-likeness (QED) is 0.430. The number of hydrogen-bond donors (Lipinski definition) is 0. The first kappa shape index (κ1) is 22.5. The van der Waals surface area contributed by atoms with Gasteiger partial charge in [-0.05, 0) is 46.6 Å². The summed E-state index contributed by atoms with van der Waals surface area (Å²) in [7, 11) is 1.88. The Kier molecular flexibility index (Phi) is 5.38. The van der Waals surface area contributed by atoms with E-state index in [1.54, 1.807) is 20.5 Å². The Morgan fingerprint density at radius 1 is 1.21 bits per heavy atom. The van der Waals surface area contributed by atoms with Crippen molar-refractivity contribution in [1.29, 1.82) is 0 Å². The van der Waals surface area contributed by atoms with E-state index in [0.717, 1.165) is 16.6 Å². The van der Waals surface area contributed by atoms with Crippen LogP contribution in [0.3, 0.4) is 0 Å². The largest absolute Gasteiger partial charge is 0.444 e. The molecule has 1 amide bonds. The third-order valence-electron chi connectivity index (χ3n) is 5.85. The fourth-order valence-electron chi connectivity index (χ4n) is 4.26. The highest BCUT2D eigenvalue weighted by atomic mass is 32.1. The highest BCUT2D eigenvalue weighted by Gasteiger charge is 2.28. The van der Waals surface area contributed by atoms with E-state index in [9.17, 15) is 9.59 Å². The topological polar surface area (TPSA) is 108 Å². The van der Waals surface area contributed by atoms with Crippen LogP contribution in [-0.4, -0.2) is 59.0 Å². The maximum Gasteiger partial charge on any atom is 0.410 e. The molecule has 4 aromatic rings. The van der Waals surface area contributed by atoms with Gasteiger partial charge in [0.2, 0.25) is 0 Å². The number of carbonyl (C=O) groups excluding carboxylic acids is 1. The molecule has 0 bridgehead atoms. The molecule has 34 heavy (non-hydrogen) atoms. The fraction of sp³-hybridized carbons (Fsp3) is 0.478. The highest BCUT2D eigenvalue weighted by molar-refractivity contribution is 7.21. The summed E-state index contributed by atoms with van der Waals surface area (Å²) in [5, 5.41) is 6.08. The summed E-state index contributed by atoms with van der Waals surface area (Å²) < 4.78 is 9.42. The van der Waals surface area contributed by atoms with Crippen molar-refractivity contribution in [3.05, 3.63) is 34.6 Å². The first-order valence-electron chi connectivity index (χ1n) is 11.3. The summed E-state index contributed by atoms with van der Waals surface area (Å²) in [5.41, 5.74) is 2.16. The van der Waals surface area contributed by atoms with Crippen LogP contribution in [-0.2, 0) is 11.8 Å². The fourth-order valence-corrected chi connectivity index (χ4v) is 5.18. The van der Waals surface area contributed by atoms with Gasteiger partial charge in [0.1, 0.15) is 32.8 Å². The number of thiazole rings is 1. The Balaban J connectivity index is 1.40. The molecule has 4 aromatic heterocycles. The third-order valence-corrected chi connectivity index (χ3v) is 6.91. The molecular formula is C23H27N7O3S. The lowest BCUT2D eigenvalue weighted by Crippen LogP contribution is -2.43. The number of nitrogens with zero attached hydrogens (tertiary/aromatic N) is 7. The maximum absolute atomic E-state index is 13.3. The van der Waals surface area contributed by atoms with Crippen LogP contribution in [0.2, 0.25) is 0 Å². The van der Waals surface area contributed by atoms with Gasteiger partial charge in [0.15, 0.2) is 5.65 Å². The van der Waals surface area contributed by atoms with Gasteiger partial charge in [-0.1, -0.05) is 0 Å². The first-order valence-corrected chi connectivity index (χ1v) is 12.1. The van der Waals surface area contributed by atoms with Gasteiger partial charge >= 0.3 is 6.09 Å². The smallest absolute Gasteiger partial charge is 0.410 e.